The Bertz CT molecular complexity index is 492. The van der Waals surface area contributed by atoms with E-state index < -0.39 is 0 Å². The minimum atomic E-state index is 0.249. The summed E-state index contributed by atoms with van der Waals surface area (Å²) in [5.74, 6) is 0. The summed E-state index contributed by atoms with van der Waals surface area (Å²) in [5, 5.41) is 1.18. The van der Waals surface area contributed by atoms with Crippen molar-refractivity contribution in [1.82, 2.24) is 4.90 Å². The van der Waals surface area contributed by atoms with E-state index in [1.165, 1.54) is 10.9 Å². The van der Waals surface area contributed by atoms with Crippen LogP contribution in [-0.2, 0) is 0 Å². The van der Waals surface area contributed by atoms with Gasteiger partial charge in [0, 0.05) is 17.5 Å². The molecule has 98 valence electrons. The third-order valence-corrected chi connectivity index (χ3v) is 3.45. The first-order chi connectivity index (χ1) is 8.81. The van der Waals surface area contributed by atoms with Gasteiger partial charge in [-0.25, -0.2) is 0 Å². The Kier molecular flexibility index (Phi) is 4.39. The Morgan fingerprint density at radius 3 is 2.72 bits per heavy atom. The maximum Gasteiger partial charge on any atom is 0.134 e. The number of rotatable bonds is 6. The lowest BCUT2D eigenvalue weighted by molar-refractivity contribution is 0.213. The molecule has 0 fully saturated rings. The first kappa shape index (κ1) is 13.1. The van der Waals surface area contributed by atoms with Crippen molar-refractivity contribution in [2.45, 2.75) is 26.3 Å². The number of nitrogens with two attached hydrogens (primary N) is 1. The molecule has 1 heterocycles. The van der Waals surface area contributed by atoms with Gasteiger partial charge in [0.15, 0.2) is 0 Å². The number of fused-ring (bicyclic) bond motifs is 1. The second-order valence-corrected chi connectivity index (χ2v) is 4.57. The molecule has 0 saturated carbocycles. The summed E-state index contributed by atoms with van der Waals surface area (Å²) in [6.45, 7) is 7.08. The van der Waals surface area contributed by atoms with Crippen molar-refractivity contribution in [2.24, 2.45) is 5.73 Å². The lowest BCUT2D eigenvalue weighted by Gasteiger charge is -2.29. The van der Waals surface area contributed by atoms with Crippen molar-refractivity contribution in [3.8, 4) is 0 Å². The van der Waals surface area contributed by atoms with Gasteiger partial charge in [-0.1, -0.05) is 32.0 Å². The van der Waals surface area contributed by atoms with E-state index in [0.717, 1.165) is 25.1 Å². The van der Waals surface area contributed by atoms with E-state index in [9.17, 15) is 0 Å². The molecule has 1 atom stereocenters. The maximum absolute atomic E-state index is 5.98. The van der Waals surface area contributed by atoms with Gasteiger partial charge in [-0.3, -0.25) is 4.90 Å². The molecule has 0 spiro atoms. The van der Waals surface area contributed by atoms with Crippen molar-refractivity contribution in [3.63, 3.8) is 0 Å². The van der Waals surface area contributed by atoms with E-state index in [0.29, 0.717) is 6.54 Å². The highest BCUT2D eigenvalue weighted by atomic mass is 16.3. The lowest BCUT2D eigenvalue weighted by atomic mass is 10.0. The number of nitrogens with zero attached hydrogens (tertiary/aromatic N) is 1. The molecule has 0 saturated heterocycles. The molecular formula is C15H22N2O. The van der Waals surface area contributed by atoms with Crippen LogP contribution < -0.4 is 5.73 Å². The van der Waals surface area contributed by atoms with Crippen LogP contribution >= 0.6 is 0 Å². The maximum atomic E-state index is 5.98. The number of benzene rings is 1. The molecule has 0 aliphatic heterocycles. The van der Waals surface area contributed by atoms with Crippen molar-refractivity contribution in [3.05, 3.63) is 36.1 Å². The van der Waals surface area contributed by atoms with Gasteiger partial charge in [-0.2, -0.15) is 0 Å². The van der Waals surface area contributed by atoms with Crippen LogP contribution in [0.5, 0.6) is 0 Å². The van der Waals surface area contributed by atoms with Crippen LogP contribution in [0.2, 0.25) is 0 Å². The van der Waals surface area contributed by atoms with E-state index in [2.05, 4.69) is 24.8 Å². The average Bonchev–Trinajstić information content (AvgIpc) is 2.83. The minimum absolute atomic E-state index is 0.249. The van der Waals surface area contributed by atoms with Gasteiger partial charge >= 0.3 is 0 Å². The molecule has 2 rings (SSSR count). The fourth-order valence-corrected chi connectivity index (χ4v) is 2.55. The molecule has 3 heteroatoms. The highest BCUT2D eigenvalue weighted by Crippen LogP contribution is 2.29. The van der Waals surface area contributed by atoms with Crippen LogP contribution in [0, 0.1) is 0 Å². The van der Waals surface area contributed by atoms with Crippen LogP contribution in [0.4, 0.5) is 0 Å². The Hall–Kier alpha value is -1.32. The molecule has 0 aliphatic carbocycles. The van der Waals surface area contributed by atoms with Gasteiger partial charge in [0.1, 0.15) is 5.58 Å². The van der Waals surface area contributed by atoms with Crippen LogP contribution in [0.25, 0.3) is 11.0 Å². The smallest absolute Gasteiger partial charge is 0.134 e. The summed E-state index contributed by atoms with van der Waals surface area (Å²) in [7, 11) is 0. The summed E-state index contributed by atoms with van der Waals surface area (Å²) >= 11 is 0. The molecule has 0 amide bonds. The minimum Gasteiger partial charge on any atom is -0.464 e. The lowest BCUT2D eigenvalue weighted by Crippen LogP contribution is -2.34. The first-order valence-electron chi connectivity index (χ1n) is 6.72. The number of para-hydroxylation sites is 1. The van der Waals surface area contributed by atoms with Crippen LogP contribution in [0.3, 0.4) is 0 Å². The zero-order valence-corrected chi connectivity index (χ0v) is 11.2. The number of hydrogen-bond donors (Lipinski definition) is 1. The fourth-order valence-electron chi connectivity index (χ4n) is 2.55. The van der Waals surface area contributed by atoms with Crippen molar-refractivity contribution >= 4 is 11.0 Å². The summed E-state index contributed by atoms with van der Waals surface area (Å²) < 4.78 is 5.62. The largest absolute Gasteiger partial charge is 0.464 e. The quantitative estimate of drug-likeness (QED) is 0.851. The van der Waals surface area contributed by atoms with E-state index in [4.69, 9.17) is 10.2 Å². The van der Waals surface area contributed by atoms with Gasteiger partial charge in [0.05, 0.1) is 12.3 Å². The van der Waals surface area contributed by atoms with Gasteiger partial charge in [-0.15, -0.1) is 0 Å². The SMILES string of the molecule is CCCN(CC)C(CN)c1coc2ccccc12. The zero-order chi connectivity index (χ0) is 13.0. The predicted octanol–water partition coefficient (Wildman–Crippen LogP) is 3.16. The Morgan fingerprint density at radius 2 is 2.06 bits per heavy atom. The third kappa shape index (κ3) is 2.42. The summed E-state index contributed by atoms with van der Waals surface area (Å²) in [5.41, 5.74) is 8.13. The Morgan fingerprint density at radius 1 is 1.28 bits per heavy atom. The van der Waals surface area contributed by atoms with E-state index >= 15 is 0 Å². The average molecular weight is 246 g/mol. The van der Waals surface area contributed by atoms with Gasteiger partial charge in [-0.05, 0) is 25.6 Å². The number of likely N-dealkylation sites (N-methyl/N-ethyl adjacent to an activating group) is 1. The number of hydrogen-bond acceptors (Lipinski definition) is 3. The second kappa shape index (κ2) is 6.03. The predicted molar refractivity (Wildman–Crippen MR) is 75.5 cm³/mol. The number of furan rings is 1. The second-order valence-electron chi connectivity index (χ2n) is 4.57. The summed E-state index contributed by atoms with van der Waals surface area (Å²) in [6, 6.07) is 8.40. The Labute approximate surface area is 109 Å². The molecule has 0 bridgehead atoms. The van der Waals surface area contributed by atoms with E-state index in [1.54, 1.807) is 0 Å². The summed E-state index contributed by atoms with van der Waals surface area (Å²) in [4.78, 5) is 2.41. The van der Waals surface area contributed by atoms with Crippen LogP contribution in [0.15, 0.2) is 34.9 Å². The summed E-state index contributed by atoms with van der Waals surface area (Å²) in [6.07, 6.45) is 3.00. The first-order valence-corrected chi connectivity index (χ1v) is 6.72. The molecule has 18 heavy (non-hydrogen) atoms. The highest BCUT2D eigenvalue weighted by molar-refractivity contribution is 5.81. The standard InChI is InChI=1S/C15H22N2O/c1-3-9-17(4-2)14(10-16)13-11-18-15-8-6-5-7-12(13)15/h5-8,11,14H,3-4,9-10,16H2,1-2H3. The molecule has 1 aromatic carbocycles. The normalized spacial score (nSPS) is 13.3. The fraction of sp³-hybridized carbons (Fsp3) is 0.467. The molecule has 2 aromatic rings. The van der Waals surface area contributed by atoms with Gasteiger partial charge in [0.2, 0.25) is 0 Å². The van der Waals surface area contributed by atoms with Gasteiger partial charge in [0.25, 0.3) is 0 Å². The molecule has 1 aromatic heterocycles. The highest BCUT2D eigenvalue weighted by Gasteiger charge is 2.20. The molecule has 1 unspecified atom stereocenters. The molecule has 2 N–H and O–H groups in total. The third-order valence-electron chi connectivity index (χ3n) is 3.45. The zero-order valence-electron chi connectivity index (χ0n) is 11.2. The molecular weight excluding hydrogens is 224 g/mol. The van der Waals surface area contributed by atoms with E-state index in [1.807, 2.05) is 24.5 Å². The van der Waals surface area contributed by atoms with E-state index in [-0.39, 0.29) is 6.04 Å². The van der Waals surface area contributed by atoms with Crippen molar-refractivity contribution in [2.75, 3.05) is 19.6 Å². The monoisotopic (exact) mass is 246 g/mol. The Balaban J connectivity index is 2.37. The van der Waals surface area contributed by atoms with Crippen molar-refractivity contribution < 1.29 is 4.42 Å². The van der Waals surface area contributed by atoms with Crippen molar-refractivity contribution in [1.29, 1.82) is 0 Å². The molecule has 3 nitrogen and oxygen atoms in total. The van der Waals surface area contributed by atoms with Gasteiger partial charge < -0.3 is 10.2 Å². The molecule has 0 radical (unpaired) electrons. The van der Waals surface area contributed by atoms with Crippen LogP contribution in [-0.4, -0.2) is 24.5 Å². The van der Waals surface area contributed by atoms with Crippen LogP contribution in [0.1, 0.15) is 31.9 Å². The molecule has 0 aliphatic rings. The topological polar surface area (TPSA) is 42.4 Å².